The van der Waals surface area contributed by atoms with Gasteiger partial charge in [0.1, 0.15) is 5.82 Å². The van der Waals surface area contributed by atoms with E-state index in [9.17, 15) is 0 Å². The van der Waals surface area contributed by atoms with Crippen LogP contribution in [0.1, 0.15) is 44.4 Å². The Morgan fingerprint density at radius 3 is 2.42 bits per heavy atom. The molecule has 1 aliphatic carbocycles. The van der Waals surface area contributed by atoms with Gasteiger partial charge in [0.15, 0.2) is 0 Å². The summed E-state index contributed by atoms with van der Waals surface area (Å²) >= 11 is 0. The van der Waals surface area contributed by atoms with Crippen molar-refractivity contribution in [2.75, 3.05) is 23.3 Å². The van der Waals surface area contributed by atoms with E-state index in [2.05, 4.69) is 97.4 Å². The van der Waals surface area contributed by atoms with Crippen molar-refractivity contribution in [1.29, 1.82) is 0 Å². The van der Waals surface area contributed by atoms with E-state index in [0.717, 1.165) is 24.5 Å². The summed E-state index contributed by atoms with van der Waals surface area (Å²) in [5, 5.41) is 15.9. The van der Waals surface area contributed by atoms with Crippen molar-refractivity contribution in [3.63, 3.8) is 0 Å². The maximum atomic E-state index is 5.58. The third-order valence-electron chi connectivity index (χ3n) is 7.84. The predicted molar refractivity (Wildman–Crippen MR) is 152 cm³/mol. The number of aryl methyl sites for hydroxylation is 1. The van der Waals surface area contributed by atoms with Crippen molar-refractivity contribution < 1.29 is 4.42 Å². The SMILES string of the molecule is Cc1nnc(-c2ccc(N3CCCC(NC4CCCCC4Nc4cc(-c5ccccc5)ccn4)C3)cc2)o1. The highest BCUT2D eigenvalue weighted by Crippen LogP contribution is 2.28. The molecule has 2 aromatic carbocycles. The third kappa shape index (κ3) is 5.73. The van der Waals surface area contributed by atoms with Gasteiger partial charge in [-0.15, -0.1) is 10.2 Å². The Morgan fingerprint density at radius 1 is 0.816 bits per heavy atom. The molecule has 2 fully saturated rings. The van der Waals surface area contributed by atoms with Crippen LogP contribution in [0.2, 0.25) is 0 Å². The molecule has 1 saturated heterocycles. The first-order valence-electron chi connectivity index (χ1n) is 13.9. The first-order chi connectivity index (χ1) is 18.7. The third-order valence-corrected chi connectivity index (χ3v) is 7.84. The van der Waals surface area contributed by atoms with Gasteiger partial charge in [-0.1, -0.05) is 43.2 Å². The fourth-order valence-electron chi connectivity index (χ4n) is 5.89. The minimum Gasteiger partial charge on any atom is -0.421 e. The van der Waals surface area contributed by atoms with Gasteiger partial charge >= 0.3 is 0 Å². The van der Waals surface area contributed by atoms with E-state index in [1.807, 2.05) is 13.1 Å². The fraction of sp³-hybridized carbons (Fsp3) is 0.387. The number of piperidine rings is 1. The Hall–Kier alpha value is -3.71. The van der Waals surface area contributed by atoms with Gasteiger partial charge in [-0.25, -0.2) is 4.98 Å². The zero-order valence-electron chi connectivity index (χ0n) is 22.0. The molecule has 7 heteroatoms. The minimum atomic E-state index is 0.384. The molecule has 1 aliphatic heterocycles. The Bertz CT molecular complexity index is 1320. The van der Waals surface area contributed by atoms with Crippen molar-refractivity contribution in [2.24, 2.45) is 0 Å². The molecule has 0 spiro atoms. The van der Waals surface area contributed by atoms with E-state index in [1.54, 1.807) is 0 Å². The first-order valence-corrected chi connectivity index (χ1v) is 13.9. The molecule has 2 aromatic heterocycles. The Kier molecular flexibility index (Phi) is 7.36. The van der Waals surface area contributed by atoms with Gasteiger partial charge in [-0.05, 0) is 73.2 Å². The van der Waals surface area contributed by atoms with E-state index in [4.69, 9.17) is 4.42 Å². The summed E-state index contributed by atoms with van der Waals surface area (Å²) in [7, 11) is 0. The second kappa shape index (κ2) is 11.4. The molecule has 38 heavy (non-hydrogen) atoms. The quantitative estimate of drug-likeness (QED) is 0.313. The number of nitrogens with one attached hydrogen (secondary N) is 2. The van der Waals surface area contributed by atoms with Gasteiger partial charge in [0.25, 0.3) is 0 Å². The van der Waals surface area contributed by atoms with Crippen LogP contribution in [0, 0.1) is 6.92 Å². The number of hydrogen-bond acceptors (Lipinski definition) is 7. The maximum Gasteiger partial charge on any atom is 0.247 e. The van der Waals surface area contributed by atoms with Crippen molar-refractivity contribution in [3.8, 4) is 22.6 Å². The number of nitrogens with zero attached hydrogens (tertiary/aromatic N) is 4. The van der Waals surface area contributed by atoms with Crippen molar-refractivity contribution >= 4 is 11.5 Å². The van der Waals surface area contributed by atoms with E-state index >= 15 is 0 Å². The molecule has 3 atom stereocenters. The number of rotatable bonds is 7. The number of pyridine rings is 1. The van der Waals surface area contributed by atoms with Crippen LogP contribution in [0.3, 0.4) is 0 Å². The molecule has 0 bridgehead atoms. The second-order valence-corrected chi connectivity index (χ2v) is 10.6. The molecule has 1 saturated carbocycles. The number of hydrogen-bond donors (Lipinski definition) is 2. The normalized spacial score (nSPS) is 21.8. The van der Waals surface area contributed by atoms with Crippen molar-refractivity contribution in [2.45, 2.75) is 63.6 Å². The molecule has 3 heterocycles. The predicted octanol–water partition coefficient (Wildman–Crippen LogP) is 6.09. The number of benzene rings is 2. The highest BCUT2D eigenvalue weighted by Gasteiger charge is 2.29. The Labute approximate surface area is 224 Å². The molecule has 196 valence electrons. The molecular weight excluding hydrogens is 472 g/mol. The topological polar surface area (TPSA) is 79.1 Å². The average Bonchev–Trinajstić information content (AvgIpc) is 3.41. The van der Waals surface area contributed by atoms with Crippen LogP contribution in [0.15, 0.2) is 77.3 Å². The number of aromatic nitrogens is 3. The summed E-state index contributed by atoms with van der Waals surface area (Å²) in [6.07, 6.45) is 9.22. The van der Waals surface area contributed by atoms with E-state index in [1.165, 1.54) is 55.3 Å². The summed E-state index contributed by atoms with van der Waals surface area (Å²) in [5.41, 5.74) is 4.63. The standard InChI is InChI=1S/C31H36N6O/c1-22-35-36-31(38-22)24-13-15-27(16-14-24)37-19-7-10-26(21-37)33-28-11-5-6-12-29(28)34-30-20-25(17-18-32-30)23-8-3-2-4-9-23/h2-4,8-9,13-18,20,26,28-29,33H,5-7,10-12,19,21H2,1H3,(H,32,34). The summed E-state index contributed by atoms with van der Waals surface area (Å²) in [4.78, 5) is 7.16. The molecular formula is C31H36N6O. The monoisotopic (exact) mass is 508 g/mol. The summed E-state index contributed by atoms with van der Waals surface area (Å²) < 4.78 is 5.58. The molecule has 4 aromatic rings. The van der Waals surface area contributed by atoms with Crippen LogP contribution in [-0.2, 0) is 0 Å². The summed E-state index contributed by atoms with van der Waals surface area (Å²) in [6.45, 7) is 3.92. The lowest BCUT2D eigenvalue weighted by Crippen LogP contribution is -2.54. The lowest BCUT2D eigenvalue weighted by Gasteiger charge is -2.40. The summed E-state index contributed by atoms with van der Waals surface area (Å²) in [6, 6.07) is 24.6. The van der Waals surface area contributed by atoms with Crippen molar-refractivity contribution in [1.82, 2.24) is 20.5 Å². The van der Waals surface area contributed by atoms with E-state index < -0.39 is 0 Å². The maximum absolute atomic E-state index is 5.58. The zero-order chi connectivity index (χ0) is 25.7. The van der Waals surface area contributed by atoms with E-state index in [0.29, 0.717) is 29.9 Å². The molecule has 3 unspecified atom stereocenters. The van der Waals surface area contributed by atoms with Crippen LogP contribution in [0.25, 0.3) is 22.6 Å². The van der Waals surface area contributed by atoms with E-state index in [-0.39, 0.29) is 0 Å². The van der Waals surface area contributed by atoms with Crippen molar-refractivity contribution in [3.05, 3.63) is 78.8 Å². The highest BCUT2D eigenvalue weighted by molar-refractivity contribution is 5.66. The second-order valence-electron chi connectivity index (χ2n) is 10.6. The molecule has 7 nitrogen and oxygen atoms in total. The van der Waals surface area contributed by atoms with Gasteiger partial charge in [0, 0.05) is 55.6 Å². The minimum absolute atomic E-state index is 0.384. The lowest BCUT2D eigenvalue weighted by molar-refractivity contribution is 0.293. The van der Waals surface area contributed by atoms with Crippen LogP contribution in [0.5, 0.6) is 0 Å². The van der Waals surface area contributed by atoms with Gasteiger partial charge in [-0.3, -0.25) is 0 Å². The van der Waals surface area contributed by atoms with Gasteiger partial charge < -0.3 is 20.0 Å². The molecule has 2 aliphatic rings. The zero-order valence-corrected chi connectivity index (χ0v) is 22.0. The van der Waals surface area contributed by atoms with Crippen LogP contribution < -0.4 is 15.5 Å². The first kappa shape index (κ1) is 24.6. The largest absolute Gasteiger partial charge is 0.421 e. The van der Waals surface area contributed by atoms with Gasteiger partial charge in [0.05, 0.1) is 0 Å². The van der Waals surface area contributed by atoms with Crippen LogP contribution in [0.4, 0.5) is 11.5 Å². The summed E-state index contributed by atoms with van der Waals surface area (Å²) in [5.74, 6) is 2.13. The molecule has 2 N–H and O–H groups in total. The smallest absolute Gasteiger partial charge is 0.247 e. The highest BCUT2D eigenvalue weighted by atomic mass is 16.4. The van der Waals surface area contributed by atoms with Gasteiger partial charge in [-0.2, -0.15) is 0 Å². The molecule has 0 radical (unpaired) electrons. The lowest BCUT2D eigenvalue weighted by atomic mass is 9.89. The Balaban J connectivity index is 1.10. The van der Waals surface area contributed by atoms with Gasteiger partial charge in [0.2, 0.25) is 11.8 Å². The van der Waals surface area contributed by atoms with Crippen LogP contribution in [-0.4, -0.2) is 46.4 Å². The molecule has 6 rings (SSSR count). The average molecular weight is 509 g/mol. The Morgan fingerprint density at radius 2 is 1.63 bits per heavy atom. The number of anilines is 2. The fourth-order valence-corrected chi connectivity index (χ4v) is 5.89. The van der Waals surface area contributed by atoms with Crippen LogP contribution >= 0.6 is 0 Å². The molecule has 0 amide bonds.